The number of nitrogens with zero attached hydrogens (tertiary/aromatic N) is 1. The number of rotatable bonds is 6. The van der Waals surface area contributed by atoms with Crippen molar-refractivity contribution in [2.24, 2.45) is 0 Å². The molecule has 0 aliphatic heterocycles. The predicted molar refractivity (Wildman–Crippen MR) is 62.7 cm³/mol. The maximum absolute atomic E-state index is 11.9. The zero-order chi connectivity index (χ0) is 13.0. The summed E-state index contributed by atoms with van der Waals surface area (Å²) in [6.07, 6.45) is 0.852. The third kappa shape index (κ3) is 3.23. The van der Waals surface area contributed by atoms with Gasteiger partial charge in [0.15, 0.2) is 0 Å². The molecule has 18 heavy (non-hydrogen) atoms. The largest absolute Gasteiger partial charge is 0.392 e. The minimum atomic E-state index is -2.45. The van der Waals surface area contributed by atoms with E-state index in [1.165, 1.54) is 5.56 Å². The molecule has 1 N–H and O–H groups in total. The third-order valence-corrected chi connectivity index (χ3v) is 3.27. The van der Waals surface area contributed by atoms with Crippen LogP contribution in [0.2, 0.25) is 0 Å². The molecule has 0 saturated heterocycles. The van der Waals surface area contributed by atoms with E-state index in [0.29, 0.717) is 6.42 Å². The first kappa shape index (κ1) is 13.4. The zero-order valence-corrected chi connectivity index (χ0v) is 10.1. The Bertz CT molecular complexity index is 387. The highest BCUT2D eigenvalue weighted by Gasteiger charge is 2.29. The lowest BCUT2D eigenvalue weighted by molar-refractivity contribution is 0.00191. The molecule has 2 unspecified atom stereocenters. The number of aromatic nitrogens is 1. The second-order valence-electron chi connectivity index (χ2n) is 4.51. The number of fused-ring (bicyclic) bond motifs is 1. The molecule has 3 nitrogen and oxygen atoms in total. The van der Waals surface area contributed by atoms with E-state index < -0.39 is 19.1 Å². The maximum Gasteiger partial charge on any atom is 0.261 e. The van der Waals surface area contributed by atoms with E-state index >= 15 is 0 Å². The lowest BCUT2D eigenvalue weighted by atomic mass is 9.97. The van der Waals surface area contributed by atoms with Crippen molar-refractivity contribution in [2.45, 2.75) is 37.7 Å². The second-order valence-corrected chi connectivity index (χ2v) is 4.51. The molecule has 1 aliphatic rings. The molecule has 1 aromatic heterocycles. The molecule has 5 heteroatoms. The molecule has 1 aromatic rings. The number of alkyl halides is 2. The monoisotopic (exact) mass is 257 g/mol. The van der Waals surface area contributed by atoms with Gasteiger partial charge in [-0.15, -0.1) is 0 Å². The summed E-state index contributed by atoms with van der Waals surface area (Å²) in [7, 11) is 0. The van der Waals surface area contributed by atoms with Gasteiger partial charge in [0.1, 0.15) is 6.61 Å². The Labute approximate surface area is 105 Å². The third-order valence-electron chi connectivity index (χ3n) is 3.27. The summed E-state index contributed by atoms with van der Waals surface area (Å²) in [5, 5.41) is 10.1. The van der Waals surface area contributed by atoms with E-state index in [-0.39, 0.29) is 12.5 Å². The fourth-order valence-electron chi connectivity index (χ4n) is 2.40. The fraction of sp³-hybridized carbons (Fsp3) is 0.615. The van der Waals surface area contributed by atoms with Crippen LogP contribution in [0.4, 0.5) is 8.78 Å². The van der Waals surface area contributed by atoms with Gasteiger partial charge in [0, 0.05) is 24.4 Å². The van der Waals surface area contributed by atoms with Crippen LogP contribution in [-0.4, -0.2) is 35.8 Å². The SMILES string of the molecule is OC(CCOCC(F)F)C1CCc2cccnc21. The van der Waals surface area contributed by atoms with Crippen molar-refractivity contribution < 1.29 is 18.6 Å². The summed E-state index contributed by atoms with van der Waals surface area (Å²) in [6.45, 7) is -0.406. The fourth-order valence-corrected chi connectivity index (χ4v) is 2.40. The number of aryl methyl sites for hydroxylation is 1. The van der Waals surface area contributed by atoms with Crippen molar-refractivity contribution in [3.63, 3.8) is 0 Å². The standard InChI is InChI=1S/C13H17F2NO2/c14-12(15)8-18-7-5-11(17)10-4-3-9-2-1-6-16-13(9)10/h1-2,6,10-12,17H,3-5,7-8H2. The Morgan fingerprint density at radius 2 is 2.33 bits per heavy atom. The van der Waals surface area contributed by atoms with Gasteiger partial charge in [-0.05, 0) is 30.9 Å². The number of hydrogen-bond acceptors (Lipinski definition) is 3. The molecular weight excluding hydrogens is 240 g/mol. The van der Waals surface area contributed by atoms with Crippen molar-refractivity contribution in [1.29, 1.82) is 0 Å². The molecule has 0 radical (unpaired) electrons. The van der Waals surface area contributed by atoms with Crippen LogP contribution in [0.15, 0.2) is 18.3 Å². The van der Waals surface area contributed by atoms with Crippen LogP contribution in [-0.2, 0) is 11.2 Å². The average molecular weight is 257 g/mol. The summed E-state index contributed by atoms with van der Waals surface area (Å²) >= 11 is 0. The molecule has 1 aliphatic carbocycles. The van der Waals surface area contributed by atoms with Gasteiger partial charge in [-0.1, -0.05) is 6.07 Å². The molecule has 0 bridgehead atoms. The first-order valence-corrected chi connectivity index (χ1v) is 6.16. The first-order valence-electron chi connectivity index (χ1n) is 6.16. The Kier molecular flexibility index (Phi) is 4.60. The van der Waals surface area contributed by atoms with Crippen molar-refractivity contribution >= 4 is 0 Å². The van der Waals surface area contributed by atoms with Crippen molar-refractivity contribution in [3.05, 3.63) is 29.6 Å². The zero-order valence-electron chi connectivity index (χ0n) is 10.1. The predicted octanol–water partition coefficient (Wildman–Crippen LogP) is 2.14. The van der Waals surface area contributed by atoms with Crippen LogP contribution in [0.5, 0.6) is 0 Å². The summed E-state index contributed by atoms with van der Waals surface area (Å²) < 4.78 is 28.5. The Morgan fingerprint density at radius 3 is 3.11 bits per heavy atom. The van der Waals surface area contributed by atoms with Crippen LogP contribution in [0.1, 0.15) is 30.0 Å². The van der Waals surface area contributed by atoms with Gasteiger partial charge < -0.3 is 9.84 Å². The molecule has 100 valence electrons. The molecule has 2 atom stereocenters. The minimum Gasteiger partial charge on any atom is -0.392 e. The summed E-state index contributed by atoms with van der Waals surface area (Å²) in [5.41, 5.74) is 2.12. The van der Waals surface area contributed by atoms with Gasteiger partial charge in [0.25, 0.3) is 6.43 Å². The topological polar surface area (TPSA) is 42.4 Å². The van der Waals surface area contributed by atoms with E-state index in [9.17, 15) is 13.9 Å². The number of aliphatic hydroxyl groups excluding tert-OH is 1. The summed E-state index contributed by atoms with van der Waals surface area (Å²) in [6, 6.07) is 3.90. The summed E-state index contributed by atoms with van der Waals surface area (Å²) in [5.74, 6) is 0.0105. The molecule has 1 heterocycles. The van der Waals surface area contributed by atoms with Gasteiger partial charge in [-0.3, -0.25) is 4.98 Å². The van der Waals surface area contributed by atoms with Gasteiger partial charge in [0.2, 0.25) is 0 Å². The van der Waals surface area contributed by atoms with Crippen molar-refractivity contribution in [1.82, 2.24) is 4.98 Å². The lowest BCUT2D eigenvalue weighted by Gasteiger charge is -2.18. The number of hydrogen-bond donors (Lipinski definition) is 1. The van der Waals surface area contributed by atoms with Gasteiger partial charge >= 0.3 is 0 Å². The quantitative estimate of drug-likeness (QED) is 0.794. The first-order chi connectivity index (χ1) is 8.68. The molecule has 0 aromatic carbocycles. The van der Waals surface area contributed by atoms with Gasteiger partial charge in [-0.25, -0.2) is 8.78 Å². The van der Waals surface area contributed by atoms with Crippen molar-refractivity contribution in [2.75, 3.05) is 13.2 Å². The molecular formula is C13H17F2NO2. The van der Waals surface area contributed by atoms with Gasteiger partial charge in [-0.2, -0.15) is 0 Å². The number of ether oxygens (including phenoxy) is 1. The normalized spacial score (nSPS) is 20.1. The van der Waals surface area contributed by atoms with Crippen LogP contribution in [0.25, 0.3) is 0 Å². The van der Waals surface area contributed by atoms with E-state index in [1.54, 1.807) is 6.20 Å². The van der Waals surface area contributed by atoms with E-state index in [1.807, 2.05) is 12.1 Å². The number of pyridine rings is 1. The molecule has 0 fully saturated rings. The maximum atomic E-state index is 11.9. The van der Waals surface area contributed by atoms with Crippen LogP contribution in [0.3, 0.4) is 0 Å². The smallest absolute Gasteiger partial charge is 0.261 e. The molecule has 0 spiro atoms. The molecule has 0 amide bonds. The average Bonchev–Trinajstić information content (AvgIpc) is 2.78. The molecule has 2 rings (SSSR count). The number of aliphatic hydroxyl groups is 1. The number of halogens is 2. The lowest BCUT2D eigenvalue weighted by Crippen LogP contribution is -2.20. The van der Waals surface area contributed by atoms with E-state index in [0.717, 1.165) is 18.5 Å². The Morgan fingerprint density at radius 1 is 1.50 bits per heavy atom. The van der Waals surface area contributed by atoms with Crippen LogP contribution in [0, 0.1) is 0 Å². The van der Waals surface area contributed by atoms with E-state index in [2.05, 4.69) is 4.98 Å². The summed E-state index contributed by atoms with van der Waals surface area (Å²) in [4.78, 5) is 4.30. The minimum absolute atomic E-state index is 0.0105. The van der Waals surface area contributed by atoms with Crippen LogP contribution < -0.4 is 0 Å². The Balaban J connectivity index is 1.82. The molecule has 0 saturated carbocycles. The van der Waals surface area contributed by atoms with Crippen LogP contribution >= 0.6 is 0 Å². The second kappa shape index (κ2) is 6.20. The Hall–Kier alpha value is -1.07. The highest BCUT2D eigenvalue weighted by atomic mass is 19.3. The highest BCUT2D eigenvalue weighted by Crippen LogP contribution is 2.34. The highest BCUT2D eigenvalue weighted by molar-refractivity contribution is 5.29. The van der Waals surface area contributed by atoms with Crippen molar-refractivity contribution in [3.8, 4) is 0 Å². The van der Waals surface area contributed by atoms with Gasteiger partial charge in [0.05, 0.1) is 6.10 Å². The van der Waals surface area contributed by atoms with E-state index in [4.69, 9.17) is 4.74 Å².